The fraction of sp³-hybridized carbons (Fsp3) is 0.125. The predicted molar refractivity (Wildman–Crippen MR) is 49.2 cm³/mol. The normalized spacial score (nSPS) is 9.92. The van der Waals surface area contributed by atoms with Gasteiger partial charge in [-0.3, -0.25) is 4.79 Å². The van der Waals surface area contributed by atoms with Crippen LogP contribution in [0.15, 0.2) is 22.7 Å². The number of carbonyl (C=O) groups excluding carboxylic acids is 1. The average molecular weight is 251 g/mol. The number of Topliss-reactive ketones (excluding diaryl/α,β-unsaturated/α-hetero) is 1. The molecule has 0 unspecified atom stereocenters. The zero-order chi connectivity index (χ0) is 9.14. The smallest absolute Gasteiger partial charge is 0.180 e. The van der Waals surface area contributed by atoms with E-state index in [0.29, 0.717) is 4.47 Å². The van der Waals surface area contributed by atoms with Gasteiger partial charge in [0, 0.05) is 4.47 Å². The van der Waals surface area contributed by atoms with Crippen LogP contribution in [0.1, 0.15) is 10.4 Å². The summed E-state index contributed by atoms with van der Waals surface area (Å²) in [6.45, 7) is 0. The molecule has 0 saturated carbocycles. The van der Waals surface area contributed by atoms with E-state index in [1.807, 2.05) is 0 Å². The molecule has 0 fully saturated rings. The Balaban J connectivity index is 3.13. The molecule has 0 N–H and O–H groups in total. The summed E-state index contributed by atoms with van der Waals surface area (Å²) in [6, 6.07) is 4.17. The van der Waals surface area contributed by atoms with Gasteiger partial charge >= 0.3 is 0 Å². The van der Waals surface area contributed by atoms with Crippen LogP contribution in [0.5, 0.6) is 0 Å². The highest BCUT2D eigenvalue weighted by atomic mass is 79.9. The molecule has 1 nitrogen and oxygen atoms in total. The predicted octanol–water partition coefficient (Wildman–Crippen LogP) is 3.01. The monoisotopic (exact) mass is 250 g/mol. The number of hydrogen-bond donors (Lipinski definition) is 0. The lowest BCUT2D eigenvalue weighted by Gasteiger charge is -1.99. The van der Waals surface area contributed by atoms with Crippen LogP contribution >= 0.6 is 27.5 Å². The maximum atomic E-state index is 12.9. The number of ketones is 1. The zero-order valence-corrected chi connectivity index (χ0v) is 8.32. The molecule has 0 atom stereocenters. The van der Waals surface area contributed by atoms with E-state index < -0.39 is 11.6 Å². The Kier molecular flexibility index (Phi) is 3.23. The quantitative estimate of drug-likeness (QED) is 0.583. The third-order valence-electron chi connectivity index (χ3n) is 1.35. The van der Waals surface area contributed by atoms with Gasteiger partial charge in [-0.05, 0) is 18.2 Å². The van der Waals surface area contributed by atoms with Gasteiger partial charge in [0.2, 0.25) is 0 Å². The van der Waals surface area contributed by atoms with Gasteiger partial charge < -0.3 is 0 Å². The van der Waals surface area contributed by atoms with E-state index >= 15 is 0 Å². The van der Waals surface area contributed by atoms with Gasteiger partial charge in [-0.15, -0.1) is 11.6 Å². The molecule has 0 radical (unpaired) electrons. The number of carbonyl (C=O) groups is 1. The van der Waals surface area contributed by atoms with Crippen molar-refractivity contribution in [2.24, 2.45) is 0 Å². The van der Waals surface area contributed by atoms with Crippen molar-refractivity contribution in [1.82, 2.24) is 0 Å². The second-order valence-corrected chi connectivity index (χ2v) is 3.36. The molecule has 0 aliphatic carbocycles. The molecule has 0 spiro atoms. The van der Waals surface area contributed by atoms with Gasteiger partial charge in [0.1, 0.15) is 5.82 Å². The highest BCUT2D eigenvalue weighted by molar-refractivity contribution is 9.10. The Morgan fingerprint density at radius 3 is 2.83 bits per heavy atom. The van der Waals surface area contributed by atoms with Crippen molar-refractivity contribution in [2.75, 3.05) is 5.88 Å². The van der Waals surface area contributed by atoms with Crippen LogP contribution in [-0.2, 0) is 0 Å². The minimum atomic E-state index is -0.538. The van der Waals surface area contributed by atoms with Gasteiger partial charge in [-0.1, -0.05) is 15.9 Å². The van der Waals surface area contributed by atoms with E-state index in [4.69, 9.17) is 11.6 Å². The number of hydrogen-bond acceptors (Lipinski definition) is 1. The molecule has 0 saturated heterocycles. The maximum Gasteiger partial charge on any atom is 0.180 e. The average Bonchev–Trinajstić information content (AvgIpc) is 2.08. The summed E-state index contributed by atoms with van der Waals surface area (Å²) in [7, 11) is 0. The first-order valence-corrected chi connectivity index (χ1v) is 4.52. The Morgan fingerprint density at radius 1 is 1.58 bits per heavy atom. The SMILES string of the molecule is O=C(CCl)c1cc(Br)ccc1F. The first kappa shape index (κ1) is 9.68. The third-order valence-corrected chi connectivity index (χ3v) is 2.09. The van der Waals surface area contributed by atoms with Crippen molar-refractivity contribution in [3.8, 4) is 0 Å². The summed E-state index contributed by atoms with van der Waals surface area (Å²) >= 11 is 8.41. The summed E-state index contributed by atoms with van der Waals surface area (Å²) in [5.41, 5.74) is 0.0272. The van der Waals surface area contributed by atoms with Crippen LogP contribution in [0.25, 0.3) is 0 Å². The van der Waals surface area contributed by atoms with Crippen LogP contribution in [0.2, 0.25) is 0 Å². The van der Waals surface area contributed by atoms with Crippen LogP contribution in [0.3, 0.4) is 0 Å². The fourth-order valence-electron chi connectivity index (χ4n) is 0.783. The van der Waals surface area contributed by atoms with Crippen molar-refractivity contribution < 1.29 is 9.18 Å². The lowest BCUT2D eigenvalue weighted by Crippen LogP contribution is -2.03. The Hall–Kier alpha value is -0.410. The van der Waals surface area contributed by atoms with Crippen molar-refractivity contribution >= 4 is 33.3 Å². The summed E-state index contributed by atoms with van der Waals surface area (Å²) < 4.78 is 13.6. The molecule has 0 bridgehead atoms. The van der Waals surface area contributed by atoms with E-state index in [1.54, 1.807) is 0 Å². The molecule has 0 aromatic heterocycles. The van der Waals surface area contributed by atoms with Crippen LogP contribution in [0.4, 0.5) is 4.39 Å². The minimum absolute atomic E-state index is 0.0272. The standard InChI is InChI=1S/C8H5BrClFO/c9-5-1-2-7(11)6(3-5)8(12)4-10/h1-3H,4H2. The lowest BCUT2D eigenvalue weighted by molar-refractivity contribution is 0.101. The van der Waals surface area contributed by atoms with E-state index in [-0.39, 0.29) is 11.4 Å². The molecule has 0 heterocycles. The van der Waals surface area contributed by atoms with Gasteiger partial charge in [-0.2, -0.15) is 0 Å². The summed E-state index contributed by atoms with van der Waals surface area (Å²) in [4.78, 5) is 11.0. The van der Waals surface area contributed by atoms with Crippen molar-refractivity contribution in [2.45, 2.75) is 0 Å². The Bertz CT molecular complexity index is 314. The number of halogens is 3. The molecule has 1 rings (SSSR count). The van der Waals surface area contributed by atoms with E-state index in [9.17, 15) is 9.18 Å². The fourth-order valence-corrected chi connectivity index (χ4v) is 1.29. The van der Waals surface area contributed by atoms with Gasteiger partial charge in [0.15, 0.2) is 5.78 Å². The first-order valence-electron chi connectivity index (χ1n) is 3.19. The van der Waals surface area contributed by atoms with Crippen LogP contribution < -0.4 is 0 Å². The molecule has 64 valence electrons. The van der Waals surface area contributed by atoms with Crippen LogP contribution in [-0.4, -0.2) is 11.7 Å². The maximum absolute atomic E-state index is 12.9. The van der Waals surface area contributed by atoms with E-state index in [2.05, 4.69) is 15.9 Å². The number of alkyl halides is 1. The summed E-state index contributed by atoms with van der Waals surface area (Å²) in [5, 5.41) is 0. The first-order chi connectivity index (χ1) is 5.65. The summed E-state index contributed by atoms with van der Waals surface area (Å²) in [5.74, 6) is -1.15. The topological polar surface area (TPSA) is 17.1 Å². The van der Waals surface area contributed by atoms with Crippen molar-refractivity contribution in [3.63, 3.8) is 0 Å². The molecule has 1 aromatic rings. The minimum Gasteiger partial charge on any atom is -0.293 e. The summed E-state index contributed by atoms with van der Waals surface area (Å²) in [6.07, 6.45) is 0. The van der Waals surface area contributed by atoms with Crippen LogP contribution in [0, 0.1) is 5.82 Å². The van der Waals surface area contributed by atoms with Gasteiger partial charge in [-0.25, -0.2) is 4.39 Å². The Labute approximate surface area is 82.7 Å². The lowest BCUT2D eigenvalue weighted by atomic mass is 10.1. The molecular formula is C8H5BrClFO. The second kappa shape index (κ2) is 4.01. The zero-order valence-electron chi connectivity index (χ0n) is 5.98. The van der Waals surface area contributed by atoms with Crippen molar-refractivity contribution in [1.29, 1.82) is 0 Å². The highest BCUT2D eigenvalue weighted by Gasteiger charge is 2.10. The Morgan fingerprint density at radius 2 is 2.25 bits per heavy atom. The van der Waals surface area contributed by atoms with Crippen molar-refractivity contribution in [3.05, 3.63) is 34.1 Å². The highest BCUT2D eigenvalue weighted by Crippen LogP contribution is 2.16. The van der Waals surface area contributed by atoms with Gasteiger partial charge in [0.25, 0.3) is 0 Å². The molecule has 0 aliphatic rings. The van der Waals surface area contributed by atoms with Gasteiger partial charge in [0.05, 0.1) is 11.4 Å². The molecular weight excluding hydrogens is 246 g/mol. The molecule has 12 heavy (non-hydrogen) atoms. The largest absolute Gasteiger partial charge is 0.293 e. The van der Waals surface area contributed by atoms with E-state index in [1.165, 1.54) is 18.2 Å². The third kappa shape index (κ3) is 2.05. The molecule has 1 aromatic carbocycles. The number of benzene rings is 1. The van der Waals surface area contributed by atoms with E-state index in [0.717, 1.165) is 0 Å². The molecule has 0 aliphatic heterocycles. The number of rotatable bonds is 2. The molecule has 0 amide bonds. The molecule has 4 heteroatoms. The second-order valence-electron chi connectivity index (χ2n) is 2.18.